The van der Waals surface area contributed by atoms with Crippen molar-refractivity contribution in [2.24, 2.45) is 5.73 Å². The number of esters is 1. The summed E-state index contributed by atoms with van der Waals surface area (Å²) in [5.74, 6) is -2.93. The van der Waals surface area contributed by atoms with Gasteiger partial charge in [0, 0.05) is 17.5 Å². The minimum Gasteiger partial charge on any atom is -0.462 e. The molecule has 0 bridgehead atoms. The van der Waals surface area contributed by atoms with Crippen LogP contribution < -0.4 is 5.73 Å². The largest absolute Gasteiger partial charge is 0.462 e. The Morgan fingerprint density at radius 2 is 2.08 bits per heavy atom. The molecule has 1 unspecified atom stereocenters. The van der Waals surface area contributed by atoms with Gasteiger partial charge in [-0.05, 0) is 20.8 Å². The Morgan fingerprint density at radius 1 is 1.44 bits per heavy atom. The highest BCUT2D eigenvalue weighted by atomic mass is 32.2. The summed E-state index contributed by atoms with van der Waals surface area (Å²) in [6, 6.07) is -0.237. The molecule has 1 fully saturated rings. The highest BCUT2D eigenvalue weighted by molar-refractivity contribution is 8.03. The van der Waals surface area contributed by atoms with Crippen molar-refractivity contribution in [3.63, 3.8) is 0 Å². The van der Waals surface area contributed by atoms with Gasteiger partial charge in [0.2, 0.25) is 0 Å². The molecule has 0 aromatic carbocycles. The molecule has 25 heavy (non-hydrogen) atoms. The maximum absolute atomic E-state index is 13.4. The first-order valence-electron chi connectivity index (χ1n) is 7.62. The summed E-state index contributed by atoms with van der Waals surface area (Å²) < 4.78 is 43.8. The van der Waals surface area contributed by atoms with E-state index in [2.05, 4.69) is 0 Å². The van der Waals surface area contributed by atoms with Crippen molar-refractivity contribution < 1.29 is 27.5 Å². The van der Waals surface area contributed by atoms with Gasteiger partial charge in [0.05, 0.1) is 24.6 Å². The lowest BCUT2D eigenvalue weighted by Crippen LogP contribution is -2.31. The van der Waals surface area contributed by atoms with Crippen molar-refractivity contribution in [1.82, 2.24) is 4.90 Å². The third kappa shape index (κ3) is 5.55. The van der Waals surface area contributed by atoms with Crippen LogP contribution in [0, 0.1) is 0 Å². The summed E-state index contributed by atoms with van der Waals surface area (Å²) in [7, 11) is 0. The van der Waals surface area contributed by atoms with Crippen LogP contribution in [0.2, 0.25) is 0 Å². The van der Waals surface area contributed by atoms with Gasteiger partial charge in [-0.1, -0.05) is 0 Å². The maximum Gasteiger partial charge on any atom is 0.344 e. The van der Waals surface area contributed by atoms with E-state index < -0.39 is 36.4 Å². The first-order chi connectivity index (χ1) is 11.7. The van der Waals surface area contributed by atoms with E-state index in [1.54, 1.807) is 13.8 Å². The Morgan fingerprint density at radius 3 is 2.60 bits per heavy atom. The predicted octanol–water partition coefficient (Wildman–Crippen LogP) is 3.10. The van der Waals surface area contributed by atoms with Crippen LogP contribution in [-0.2, 0) is 14.3 Å². The second-order valence-corrected chi connectivity index (χ2v) is 6.41. The second kappa shape index (κ2) is 9.55. The minimum atomic E-state index is -1.04. The molecule has 1 atom stereocenters. The molecule has 0 amide bonds. The average molecular weight is 378 g/mol. The lowest BCUT2D eigenvalue weighted by Gasteiger charge is -2.24. The third-order valence-electron chi connectivity index (χ3n) is 3.46. The van der Waals surface area contributed by atoms with E-state index in [1.807, 2.05) is 0 Å². The van der Waals surface area contributed by atoms with Crippen LogP contribution in [0.4, 0.5) is 13.2 Å². The number of nitrogens with zero attached hydrogens (tertiary/aromatic N) is 1. The average Bonchev–Trinajstić information content (AvgIpc) is 2.88. The van der Waals surface area contributed by atoms with Gasteiger partial charge >= 0.3 is 5.97 Å². The van der Waals surface area contributed by atoms with Gasteiger partial charge in [-0.2, -0.15) is 0 Å². The van der Waals surface area contributed by atoms with E-state index in [1.165, 1.54) is 4.90 Å². The van der Waals surface area contributed by atoms with Crippen LogP contribution in [0.15, 0.2) is 34.3 Å². The molecule has 1 aliphatic heterocycles. The van der Waals surface area contributed by atoms with E-state index in [0.717, 1.165) is 18.7 Å². The van der Waals surface area contributed by atoms with E-state index in [0.29, 0.717) is 5.75 Å². The van der Waals surface area contributed by atoms with E-state index >= 15 is 0 Å². The van der Waals surface area contributed by atoms with Gasteiger partial charge in [0.1, 0.15) is 23.6 Å². The number of carbonyl (C=O) groups is 2. The van der Waals surface area contributed by atoms with E-state index in [-0.39, 0.29) is 35.3 Å². The zero-order valence-electron chi connectivity index (χ0n) is 14.3. The number of nitrogens with two attached hydrogens (primary N) is 1. The lowest BCUT2D eigenvalue weighted by atomic mass is 10.1. The van der Waals surface area contributed by atoms with Crippen molar-refractivity contribution >= 4 is 23.5 Å². The third-order valence-corrected chi connectivity index (χ3v) is 4.82. The smallest absolute Gasteiger partial charge is 0.344 e. The van der Waals surface area contributed by atoms with Crippen molar-refractivity contribution in [2.45, 2.75) is 33.2 Å². The van der Waals surface area contributed by atoms with Crippen molar-refractivity contribution in [3.8, 4) is 0 Å². The molecular weight excluding hydrogens is 357 g/mol. The summed E-state index contributed by atoms with van der Waals surface area (Å²) >= 11 is 1.15. The molecule has 140 valence electrons. The molecular formula is C16H21F3N2O3S. The Balaban J connectivity index is 3.32. The SMILES string of the molecule is CCOC(=O)/C(C(=O)C/C(N)=C(\C)F)=C1\SCC(C)N1C/C(F)=C/F. The summed E-state index contributed by atoms with van der Waals surface area (Å²) in [4.78, 5) is 26.2. The number of ketones is 1. The number of thioether (sulfide) groups is 1. The molecule has 1 rings (SSSR count). The number of allylic oxidation sites excluding steroid dienone is 2. The fourth-order valence-electron chi connectivity index (χ4n) is 2.12. The lowest BCUT2D eigenvalue weighted by molar-refractivity contribution is -0.140. The summed E-state index contributed by atoms with van der Waals surface area (Å²) in [5.41, 5.74) is 4.83. The van der Waals surface area contributed by atoms with Crippen molar-refractivity contribution in [1.29, 1.82) is 0 Å². The maximum atomic E-state index is 13.4. The number of rotatable bonds is 7. The Labute approximate surface area is 148 Å². The number of ether oxygens (including phenoxy) is 1. The number of Topliss-reactive ketones (excluding diaryl/α,β-unsaturated/α-hetero) is 1. The number of hydrogen-bond acceptors (Lipinski definition) is 6. The van der Waals surface area contributed by atoms with Crippen LogP contribution in [0.25, 0.3) is 0 Å². The summed E-state index contributed by atoms with van der Waals surface area (Å²) in [6.45, 7) is 4.01. The van der Waals surface area contributed by atoms with E-state index in [4.69, 9.17) is 10.5 Å². The molecule has 1 heterocycles. The topological polar surface area (TPSA) is 72.6 Å². The number of hydrogen-bond donors (Lipinski definition) is 1. The predicted molar refractivity (Wildman–Crippen MR) is 90.2 cm³/mol. The molecule has 0 aliphatic carbocycles. The molecule has 0 aromatic rings. The first kappa shape index (κ1) is 21.1. The fraction of sp³-hybridized carbons (Fsp3) is 0.500. The molecule has 2 N–H and O–H groups in total. The molecule has 1 saturated heterocycles. The van der Waals surface area contributed by atoms with Gasteiger partial charge < -0.3 is 15.4 Å². The minimum absolute atomic E-state index is 0.0231. The Kier molecular flexibility index (Phi) is 8.08. The zero-order chi connectivity index (χ0) is 19.1. The van der Waals surface area contributed by atoms with Crippen LogP contribution in [0.5, 0.6) is 0 Å². The van der Waals surface area contributed by atoms with Crippen LogP contribution in [-0.4, -0.2) is 41.6 Å². The zero-order valence-corrected chi connectivity index (χ0v) is 15.1. The second-order valence-electron chi connectivity index (χ2n) is 5.40. The van der Waals surface area contributed by atoms with Gasteiger partial charge in [0.25, 0.3) is 0 Å². The Bertz CT molecular complexity index is 628. The molecule has 1 aliphatic rings. The molecule has 0 saturated carbocycles. The van der Waals surface area contributed by atoms with Gasteiger partial charge in [-0.15, -0.1) is 11.8 Å². The highest BCUT2D eigenvalue weighted by Crippen LogP contribution is 2.36. The standard InChI is InChI=1S/C16H21F3N2O3S/c1-4-24-16(23)14(13(22)5-12(20)10(3)18)15-21(7-11(19)6-17)9(2)8-25-15/h6,9H,4-5,7-8,20H2,1-3H3/b11-6-,12-10-,15-14-. The van der Waals surface area contributed by atoms with Gasteiger partial charge in [0.15, 0.2) is 5.78 Å². The first-order valence-corrected chi connectivity index (χ1v) is 8.60. The van der Waals surface area contributed by atoms with Gasteiger partial charge in [-0.25, -0.2) is 18.0 Å². The van der Waals surface area contributed by atoms with Crippen molar-refractivity contribution in [3.05, 3.63) is 34.3 Å². The Hall–Kier alpha value is -1.90. The monoisotopic (exact) mass is 378 g/mol. The normalized spacial score (nSPS) is 21.1. The van der Waals surface area contributed by atoms with Gasteiger partial charge in [-0.3, -0.25) is 4.79 Å². The molecule has 9 heteroatoms. The summed E-state index contributed by atoms with van der Waals surface area (Å²) in [5, 5.41) is 0.178. The molecule has 0 spiro atoms. The molecule has 0 aromatic heterocycles. The van der Waals surface area contributed by atoms with Crippen LogP contribution >= 0.6 is 11.8 Å². The van der Waals surface area contributed by atoms with E-state index in [9.17, 15) is 22.8 Å². The number of carbonyl (C=O) groups excluding carboxylic acids is 2. The van der Waals surface area contributed by atoms with Crippen molar-refractivity contribution in [2.75, 3.05) is 18.9 Å². The highest BCUT2D eigenvalue weighted by Gasteiger charge is 2.35. The van der Waals surface area contributed by atoms with Crippen LogP contribution in [0.1, 0.15) is 27.2 Å². The molecule has 0 radical (unpaired) electrons. The summed E-state index contributed by atoms with van der Waals surface area (Å²) in [6.07, 6.45) is -0.684. The molecule has 5 nitrogen and oxygen atoms in total. The quantitative estimate of drug-likeness (QED) is 0.318. The van der Waals surface area contributed by atoms with Crippen LogP contribution in [0.3, 0.4) is 0 Å². The fourth-order valence-corrected chi connectivity index (χ4v) is 3.45. The number of halogens is 3.